The topological polar surface area (TPSA) is 52.6 Å². The Morgan fingerprint density at radius 2 is 0.897 bits per heavy atom. The molecule has 0 saturated heterocycles. The molecule has 0 bridgehead atoms. The van der Waals surface area contributed by atoms with E-state index >= 15 is 0 Å². The molecule has 4 aromatic rings. The first-order valence-corrected chi connectivity index (χ1v) is 13.7. The summed E-state index contributed by atoms with van der Waals surface area (Å²) in [6.07, 6.45) is 0.518. The molecular weight excluding hydrogens is 531 g/mol. The van der Waals surface area contributed by atoms with Crippen LogP contribution in [0.15, 0.2) is 97.1 Å². The third-order valence-electron chi connectivity index (χ3n) is 6.61. The number of carbonyl (C=O) groups excluding carboxylic acids is 2. The quantitative estimate of drug-likeness (QED) is 0.181. The number of hydrogen-bond donors (Lipinski definition) is 0. The fourth-order valence-electron chi connectivity index (χ4n) is 4.20. The van der Waals surface area contributed by atoms with Crippen molar-refractivity contribution in [1.82, 2.24) is 0 Å². The first-order valence-electron chi connectivity index (χ1n) is 13.0. The molecule has 2 atom stereocenters. The number of esters is 2. The van der Waals surface area contributed by atoms with Crippen LogP contribution in [-0.4, -0.2) is 11.9 Å². The van der Waals surface area contributed by atoms with E-state index in [9.17, 15) is 9.59 Å². The van der Waals surface area contributed by atoms with E-state index < -0.39 is 24.1 Å². The predicted molar refractivity (Wildman–Crippen MR) is 155 cm³/mol. The predicted octanol–water partition coefficient (Wildman–Crippen LogP) is 9.00. The Balaban J connectivity index is 1.64. The molecule has 4 rings (SSSR count). The standard InChI is InChI=1S/C33H30Cl2O4/c1-3-22-5-9-26(10-6-22)32(36)38-30(24-13-17-28(34)18-14-24)21-31(25-15-19-29(35)20-16-25)39-33(37)27-11-7-23(4-2)8-12-27/h5-20,30-31H,3-4,21H2,1-2H3. The second-order valence-corrected chi connectivity index (χ2v) is 10.1. The molecule has 0 aliphatic carbocycles. The normalized spacial score (nSPS) is 12.4. The monoisotopic (exact) mass is 560 g/mol. The van der Waals surface area contributed by atoms with Gasteiger partial charge in [-0.05, 0) is 83.6 Å². The van der Waals surface area contributed by atoms with E-state index in [0.717, 1.165) is 35.1 Å². The second kappa shape index (κ2) is 13.5. The summed E-state index contributed by atoms with van der Waals surface area (Å²) in [5.41, 5.74) is 4.62. The average Bonchev–Trinajstić information content (AvgIpc) is 2.97. The highest BCUT2D eigenvalue weighted by molar-refractivity contribution is 6.30. The van der Waals surface area contributed by atoms with Crippen LogP contribution in [0.1, 0.15) is 75.4 Å². The van der Waals surface area contributed by atoms with Crippen LogP contribution in [0, 0.1) is 0 Å². The summed E-state index contributed by atoms with van der Waals surface area (Å²) in [5.74, 6) is -0.928. The van der Waals surface area contributed by atoms with E-state index in [4.69, 9.17) is 32.7 Å². The van der Waals surface area contributed by atoms with E-state index in [0.29, 0.717) is 21.2 Å². The number of hydrogen-bond acceptors (Lipinski definition) is 4. The molecule has 0 amide bonds. The Morgan fingerprint density at radius 1 is 0.564 bits per heavy atom. The van der Waals surface area contributed by atoms with Crippen molar-refractivity contribution < 1.29 is 19.1 Å². The molecular formula is C33H30Cl2O4. The molecule has 39 heavy (non-hydrogen) atoms. The third-order valence-corrected chi connectivity index (χ3v) is 7.11. The highest BCUT2D eigenvalue weighted by Crippen LogP contribution is 2.34. The van der Waals surface area contributed by atoms with Gasteiger partial charge in [0.15, 0.2) is 0 Å². The van der Waals surface area contributed by atoms with Crippen molar-refractivity contribution in [3.05, 3.63) is 140 Å². The van der Waals surface area contributed by atoms with Gasteiger partial charge in [0.1, 0.15) is 12.2 Å². The Bertz CT molecular complexity index is 1270. The number of benzene rings is 4. The van der Waals surface area contributed by atoms with Gasteiger partial charge in [-0.2, -0.15) is 0 Å². The molecule has 0 spiro atoms. The van der Waals surface area contributed by atoms with Crippen LogP contribution in [-0.2, 0) is 22.3 Å². The van der Waals surface area contributed by atoms with Crippen molar-refractivity contribution in [2.75, 3.05) is 0 Å². The van der Waals surface area contributed by atoms with Gasteiger partial charge in [0.05, 0.1) is 11.1 Å². The molecule has 0 aliphatic rings. The van der Waals surface area contributed by atoms with Gasteiger partial charge in [-0.15, -0.1) is 0 Å². The zero-order valence-corrected chi connectivity index (χ0v) is 23.4. The van der Waals surface area contributed by atoms with Gasteiger partial charge in [-0.1, -0.05) is 85.6 Å². The minimum Gasteiger partial charge on any atom is -0.454 e. The number of carbonyl (C=O) groups is 2. The van der Waals surface area contributed by atoms with Gasteiger partial charge < -0.3 is 9.47 Å². The maximum Gasteiger partial charge on any atom is 0.338 e. The number of halogens is 2. The lowest BCUT2D eigenvalue weighted by molar-refractivity contribution is -0.00180. The molecule has 0 aliphatic heterocycles. The minimum absolute atomic E-state index is 0.195. The first-order chi connectivity index (χ1) is 18.9. The highest BCUT2D eigenvalue weighted by atomic mass is 35.5. The largest absolute Gasteiger partial charge is 0.454 e. The lowest BCUT2D eigenvalue weighted by Gasteiger charge is -2.25. The van der Waals surface area contributed by atoms with Gasteiger partial charge in [0.25, 0.3) is 0 Å². The minimum atomic E-state index is -0.712. The maximum atomic E-state index is 13.2. The molecule has 0 N–H and O–H groups in total. The second-order valence-electron chi connectivity index (χ2n) is 9.23. The van der Waals surface area contributed by atoms with Crippen LogP contribution in [0.3, 0.4) is 0 Å². The van der Waals surface area contributed by atoms with E-state index in [2.05, 4.69) is 13.8 Å². The summed E-state index contributed by atoms with van der Waals surface area (Å²) < 4.78 is 12.1. The average molecular weight is 562 g/mol. The van der Waals surface area contributed by atoms with Gasteiger partial charge in [-0.3, -0.25) is 0 Å². The Hall–Kier alpha value is -3.60. The molecule has 2 unspecified atom stereocenters. The van der Waals surface area contributed by atoms with Crippen molar-refractivity contribution in [1.29, 1.82) is 0 Å². The van der Waals surface area contributed by atoms with Crippen LogP contribution >= 0.6 is 23.2 Å². The molecule has 0 heterocycles. The molecule has 4 nitrogen and oxygen atoms in total. The van der Waals surface area contributed by atoms with Crippen molar-refractivity contribution in [2.24, 2.45) is 0 Å². The van der Waals surface area contributed by atoms with E-state index in [1.54, 1.807) is 48.5 Å². The molecule has 4 aromatic carbocycles. The van der Waals surface area contributed by atoms with Gasteiger partial charge in [0, 0.05) is 16.5 Å². The molecule has 0 radical (unpaired) electrons. The maximum absolute atomic E-state index is 13.2. The van der Waals surface area contributed by atoms with Crippen molar-refractivity contribution in [3.63, 3.8) is 0 Å². The first kappa shape index (κ1) is 28.4. The zero-order chi connectivity index (χ0) is 27.8. The molecule has 0 fully saturated rings. The molecule has 200 valence electrons. The van der Waals surface area contributed by atoms with E-state index in [1.807, 2.05) is 48.5 Å². The van der Waals surface area contributed by atoms with E-state index in [-0.39, 0.29) is 6.42 Å². The van der Waals surface area contributed by atoms with Crippen molar-refractivity contribution in [3.8, 4) is 0 Å². The van der Waals surface area contributed by atoms with Crippen LogP contribution in [0.2, 0.25) is 10.0 Å². The lowest BCUT2D eigenvalue weighted by Crippen LogP contribution is -2.19. The summed E-state index contributed by atoms with van der Waals surface area (Å²) in [5, 5.41) is 1.13. The van der Waals surface area contributed by atoms with E-state index in [1.165, 1.54) is 0 Å². The van der Waals surface area contributed by atoms with Gasteiger partial charge >= 0.3 is 11.9 Å². The number of ether oxygens (including phenoxy) is 2. The lowest BCUT2D eigenvalue weighted by atomic mass is 9.98. The number of aryl methyl sites for hydroxylation is 2. The van der Waals surface area contributed by atoms with Crippen molar-refractivity contribution >= 4 is 35.1 Å². The summed E-state index contributed by atoms with van der Waals surface area (Å²) in [7, 11) is 0. The van der Waals surface area contributed by atoms with Crippen LogP contribution in [0.5, 0.6) is 0 Å². The van der Waals surface area contributed by atoms with Gasteiger partial charge in [-0.25, -0.2) is 9.59 Å². The molecule has 6 heteroatoms. The summed E-state index contributed by atoms with van der Waals surface area (Å²) in [4.78, 5) is 26.4. The third kappa shape index (κ3) is 7.72. The molecule has 0 aromatic heterocycles. The Kier molecular flexibility index (Phi) is 9.80. The van der Waals surface area contributed by atoms with Crippen LogP contribution < -0.4 is 0 Å². The Labute approximate surface area is 239 Å². The Morgan fingerprint density at radius 3 is 1.21 bits per heavy atom. The summed E-state index contributed by atoms with van der Waals surface area (Å²) >= 11 is 12.3. The SMILES string of the molecule is CCc1ccc(C(=O)OC(CC(OC(=O)c2ccc(CC)cc2)c2ccc(Cl)cc2)c2ccc(Cl)cc2)cc1. The smallest absolute Gasteiger partial charge is 0.338 e. The highest BCUT2D eigenvalue weighted by Gasteiger charge is 2.27. The summed E-state index contributed by atoms with van der Waals surface area (Å²) in [6, 6.07) is 28.9. The van der Waals surface area contributed by atoms with Gasteiger partial charge in [0.2, 0.25) is 0 Å². The van der Waals surface area contributed by atoms with Crippen LogP contribution in [0.25, 0.3) is 0 Å². The van der Waals surface area contributed by atoms with Crippen LogP contribution in [0.4, 0.5) is 0 Å². The summed E-state index contributed by atoms with van der Waals surface area (Å²) in [6.45, 7) is 4.11. The fraction of sp³-hybridized carbons (Fsp3) is 0.212. The fourth-order valence-corrected chi connectivity index (χ4v) is 4.45. The zero-order valence-electron chi connectivity index (χ0n) is 21.9. The van der Waals surface area contributed by atoms with Crippen molar-refractivity contribution in [2.45, 2.75) is 45.3 Å². The molecule has 0 saturated carbocycles. The number of rotatable bonds is 10.